The van der Waals surface area contributed by atoms with E-state index in [9.17, 15) is 14.7 Å². The van der Waals surface area contributed by atoms with Gasteiger partial charge in [0.25, 0.3) is 0 Å². The van der Waals surface area contributed by atoms with Crippen molar-refractivity contribution < 1.29 is 19.4 Å². The molecule has 25 heavy (non-hydrogen) atoms. The second-order valence-corrected chi connectivity index (χ2v) is 9.12. The number of fused-ring (bicyclic) bond motifs is 5. The fraction of sp³-hybridized carbons (Fsp3) is 0.810. The van der Waals surface area contributed by atoms with Crippen LogP contribution >= 0.6 is 0 Å². The molecule has 0 bridgehead atoms. The highest BCUT2D eigenvalue weighted by molar-refractivity contribution is 5.67. The van der Waals surface area contributed by atoms with Gasteiger partial charge in [0, 0.05) is 12.3 Å². The number of aliphatic hydroxyl groups excluding tert-OH is 1. The Kier molecular flexibility index (Phi) is 4.10. The normalized spacial score (nSPS) is 48.6. The lowest BCUT2D eigenvalue weighted by Crippen LogP contribution is -2.53. The number of aldehydes is 1. The van der Waals surface area contributed by atoms with E-state index in [0.29, 0.717) is 24.2 Å². The van der Waals surface area contributed by atoms with Gasteiger partial charge in [0.1, 0.15) is 12.4 Å². The summed E-state index contributed by atoms with van der Waals surface area (Å²) in [6.45, 7) is 3.80. The van der Waals surface area contributed by atoms with Crippen LogP contribution in [0.5, 0.6) is 0 Å². The van der Waals surface area contributed by atoms with E-state index in [2.05, 4.69) is 13.0 Å². The molecule has 4 rings (SSSR count). The standard InChI is InChI=1S/C21H30O4/c1-13(23)25-19-6-5-17-16-4-3-14-11-15(24)7-10-21(14,12-22)18(16)8-9-20(17,19)2/h3,12,15-19,24H,4-11H2,1-2H3. The molecule has 0 aliphatic heterocycles. The first-order valence-corrected chi connectivity index (χ1v) is 9.92. The average molecular weight is 346 g/mol. The predicted octanol–water partition coefficient (Wildman–Crippen LogP) is 3.42. The lowest BCUT2D eigenvalue weighted by Gasteiger charge is -2.56. The van der Waals surface area contributed by atoms with Crippen molar-refractivity contribution in [1.29, 1.82) is 0 Å². The SMILES string of the molecule is CC(=O)OC1CCC2C3CC=C4CC(O)CCC4(C=O)C3CCC12C. The lowest BCUT2D eigenvalue weighted by molar-refractivity contribution is -0.157. The van der Waals surface area contributed by atoms with E-state index < -0.39 is 0 Å². The third-order valence-electron chi connectivity index (χ3n) is 8.11. The third-order valence-corrected chi connectivity index (χ3v) is 8.11. The van der Waals surface area contributed by atoms with Crippen LogP contribution in [0.15, 0.2) is 11.6 Å². The highest BCUT2D eigenvalue weighted by Gasteiger charge is 2.60. The summed E-state index contributed by atoms with van der Waals surface area (Å²) in [7, 11) is 0. The van der Waals surface area contributed by atoms with Crippen LogP contribution in [0.25, 0.3) is 0 Å². The van der Waals surface area contributed by atoms with Crippen LogP contribution in [0.1, 0.15) is 65.2 Å². The summed E-state index contributed by atoms with van der Waals surface area (Å²) in [5, 5.41) is 10.1. The zero-order valence-corrected chi connectivity index (χ0v) is 15.4. The van der Waals surface area contributed by atoms with Crippen LogP contribution < -0.4 is 0 Å². The number of rotatable bonds is 2. The zero-order valence-electron chi connectivity index (χ0n) is 15.4. The maximum absolute atomic E-state index is 12.3. The van der Waals surface area contributed by atoms with Crippen LogP contribution in [0.2, 0.25) is 0 Å². The minimum absolute atomic E-state index is 0.0293. The monoisotopic (exact) mass is 346 g/mol. The van der Waals surface area contributed by atoms with Crippen LogP contribution in [0, 0.1) is 28.6 Å². The van der Waals surface area contributed by atoms with Gasteiger partial charge >= 0.3 is 5.97 Å². The summed E-state index contributed by atoms with van der Waals surface area (Å²) < 4.78 is 5.68. The van der Waals surface area contributed by atoms with Crippen LogP contribution in [0.3, 0.4) is 0 Å². The van der Waals surface area contributed by atoms with Crippen molar-refractivity contribution in [2.75, 3.05) is 0 Å². The number of esters is 1. The molecule has 4 heteroatoms. The number of carbonyl (C=O) groups is 2. The molecule has 0 amide bonds. The van der Waals surface area contributed by atoms with Crippen LogP contribution in [-0.2, 0) is 14.3 Å². The van der Waals surface area contributed by atoms with Gasteiger partial charge in [-0.25, -0.2) is 0 Å². The molecule has 4 aliphatic carbocycles. The van der Waals surface area contributed by atoms with E-state index in [0.717, 1.165) is 44.9 Å². The number of hydrogen-bond acceptors (Lipinski definition) is 4. The topological polar surface area (TPSA) is 63.6 Å². The van der Waals surface area contributed by atoms with Gasteiger partial charge in [0.15, 0.2) is 0 Å². The number of hydrogen-bond donors (Lipinski definition) is 1. The van der Waals surface area contributed by atoms with Crippen molar-refractivity contribution in [3.05, 3.63) is 11.6 Å². The molecule has 1 N–H and O–H groups in total. The number of carbonyl (C=O) groups excluding carboxylic acids is 2. The average Bonchev–Trinajstić information content (AvgIpc) is 2.90. The van der Waals surface area contributed by atoms with Crippen molar-refractivity contribution in [3.8, 4) is 0 Å². The van der Waals surface area contributed by atoms with Crippen molar-refractivity contribution in [2.24, 2.45) is 28.6 Å². The summed E-state index contributed by atoms with van der Waals surface area (Å²) in [4.78, 5) is 23.8. The van der Waals surface area contributed by atoms with E-state index in [1.807, 2.05) is 0 Å². The van der Waals surface area contributed by atoms with Crippen LogP contribution in [0.4, 0.5) is 0 Å². The lowest BCUT2D eigenvalue weighted by atomic mass is 9.48. The van der Waals surface area contributed by atoms with Gasteiger partial charge in [-0.3, -0.25) is 4.79 Å². The molecule has 3 fully saturated rings. The predicted molar refractivity (Wildman–Crippen MR) is 93.7 cm³/mol. The van der Waals surface area contributed by atoms with E-state index in [1.54, 1.807) is 0 Å². The Bertz CT molecular complexity index is 611. The maximum Gasteiger partial charge on any atom is 0.302 e. The Morgan fingerprint density at radius 1 is 1.24 bits per heavy atom. The van der Waals surface area contributed by atoms with Gasteiger partial charge in [0.05, 0.1) is 11.5 Å². The molecule has 138 valence electrons. The first-order valence-electron chi connectivity index (χ1n) is 9.92. The van der Waals surface area contributed by atoms with Gasteiger partial charge < -0.3 is 14.6 Å². The molecule has 0 heterocycles. The Morgan fingerprint density at radius 3 is 2.76 bits per heavy atom. The second-order valence-electron chi connectivity index (χ2n) is 9.12. The molecule has 0 aromatic heterocycles. The largest absolute Gasteiger partial charge is 0.462 e. The fourth-order valence-corrected chi connectivity index (χ4v) is 6.91. The summed E-state index contributed by atoms with van der Waals surface area (Å²) >= 11 is 0. The molecule has 0 aromatic carbocycles. The molecule has 0 aromatic rings. The summed E-state index contributed by atoms with van der Waals surface area (Å²) in [5.74, 6) is 1.25. The molecule has 4 nitrogen and oxygen atoms in total. The molecule has 0 radical (unpaired) electrons. The van der Waals surface area contributed by atoms with Crippen molar-refractivity contribution in [1.82, 2.24) is 0 Å². The molecular formula is C21H30O4. The van der Waals surface area contributed by atoms with E-state index in [1.165, 1.54) is 18.8 Å². The van der Waals surface area contributed by atoms with Gasteiger partial charge in [0.2, 0.25) is 0 Å². The number of aliphatic hydroxyl groups is 1. The molecule has 3 saturated carbocycles. The Hall–Kier alpha value is -1.16. The van der Waals surface area contributed by atoms with Gasteiger partial charge in [-0.2, -0.15) is 0 Å². The number of ether oxygens (including phenoxy) is 1. The fourth-order valence-electron chi connectivity index (χ4n) is 6.91. The summed E-state index contributed by atoms with van der Waals surface area (Å²) in [5.41, 5.74) is 0.903. The first-order chi connectivity index (χ1) is 11.9. The zero-order chi connectivity index (χ0) is 17.8. The van der Waals surface area contributed by atoms with E-state index in [4.69, 9.17) is 4.74 Å². The Labute approximate surface area is 150 Å². The number of allylic oxidation sites excluding steroid dienone is 1. The molecule has 0 saturated heterocycles. The highest BCUT2D eigenvalue weighted by atomic mass is 16.5. The molecule has 7 unspecified atom stereocenters. The smallest absolute Gasteiger partial charge is 0.302 e. The minimum Gasteiger partial charge on any atom is -0.462 e. The van der Waals surface area contributed by atoms with Crippen LogP contribution in [-0.4, -0.2) is 29.6 Å². The third kappa shape index (κ3) is 2.43. The van der Waals surface area contributed by atoms with Gasteiger partial charge in [-0.1, -0.05) is 18.6 Å². The minimum atomic E-state index is -0.344. The molecule has 0 spiro atoms. The van der Waals surface area contributed by atoms with E-state index >= 15 is 0 Å². The Morgan fingerprint density at radius 2 is 2.04 bits per heavy atom. The second kappa shape index (κ2) is 5.94. The summed E-state index contributed by atoms with van der Waals surface area (Å²) in [6, 6.07) is 0. The van der Waals surface area contributed by atoms with Crippen molar-refractivity contribution >= 4 is 12.3 Å². The molecule has 4 aliphatic rings. The Balaban J connectivity index is 1.65. The summed E-state index contributed by atoms with van der Waals surface area (Å²) in [6.07, 6.45) is 10.5. The molecule has 7 atom stereocenters. The molecular weight excluding hydrogens is 316 g/mol. The quantitative estimate of drug-likeness (QED) is 0.473. The van der Waals surface area contributed by atoms with Crippen molar-refractivity contribution in [2.45, 2.75) is 77.4 Å². The highest BCUT2D eigenvalue weighted by Crippen LogP contribution is 2.64. The van der Waals surface area contributed by atoms with Gasteiger partial charge in [-0.05, 0) is 69.1 Å². The maximum atomic E-state index is 12.3. The van der Waals surface area contributed by atoms with Gasteiger partial charge in [-0.15, -0.1) is 0 Å². The van der Waals surface area contributed by atoms with Crippen molar-refractivity contribution in [3.63, 3.8) is 0 Å². The van der Waals surface area contributed by atoms with E-state index in [-0.39, 0.29) is 29.0 Å². The first kappa shape index (κ1) is 17.3.